The number of likely N-dealkylation sites (tertiary alicyclic amines) is 1. The second-order valence-corrected chi connectivity index (χ2v) is 10.6. The zero-order valence-electron chi connectivity index (χ0n) is 18.0. The Balaban J connectivity index is 1.41. The molecule has 184 valence electrons. The van der Waals surface area contributed by atoms with Crippen LogP contribution < -0.4 is 14.8 Å². The number of aryl methyl sites for hydroxylation is 2. The first-order valence-electron chi connectivity index (χ1n) is 9.77. The fourth-order valence-corrected chi connectivity index (χ4v) is 5.14. The van der Waals surface area contributed by atoms with Crippen LogP contribution >= 0.6 is 34.7 Å². The van der Waals surface area contributed by atoms with Crippen LogP contribution in [0.5, 0.6) is 0 Å². The summed E-state index contributed by atoms with van der Waals surface area (Å²) in [5.41, 5.74) is 0.388. The number of hydrogen-bond acceptors (Lipinski definition) is 9. The van der Waals surface area contributed by atoms with E-state index in [-0.39, 0.29) is 45.0 Å². The number of nitrogens with zero attached hydrogens (tertiary/aromatic N) is 3. The van der Waals surface area contributed by atoms with Crippen molar-refractivity contribution in [3.05, 3.63) is 50.5 Å². The Hall–Kier alpha value is -3.20. The van der Waals surface area contributed by atoms with Crippen LogP contribution in [0.3, 0.4) is 0 Å². The summed E-state index contributed by atoms with van der Waals surface area (Å²) in [5.74, 6) is -1.32. The third-order valence-electron chi connectivity index (χ3n) is 4.86. The number of carbonyl (C=O) groups is 3. The number of carbonyl (C=O) groups excluding carboxylic acids is 3. The predicted octanol–water partition coefficient (Wildman–Crippen LogP) is 2.73. The number of urea groups is 1. The van der Waals surface area contributed by atoms with E-state index in [1.54, 1.807) is 29.8 Å². The summed E-state index contributed by atoms with van der Waals surface area (Å²) in [6.45, 7) is 2.97. The maximum Gasteiger partial charge on any atom is 0.339 e. The Morgan fingerprint density at radius 3 is 2.51 bits per heavy atom. The van der Waals surface area contributed by atoms with Crippen LogP contribution in [-0.2, 0) is 15.0 Å². The summed E-state index contributed by atoms with van der Waals surface area (Å²) >= 11 is 13.5. The molecule has 12 nitrogen and oxygen atoms in total. The largest absolute Gasteiger partial charge is 0.360 e. The number of imide groups is 1. The second-order valence-electron chi connectivity index (χ2n) is 7.37. The first-order chi connectivity index (χ1) is 16.5. The number of aromatic nitrogens is 2. The van der Waals surface area contributed by atoms with E-state index in [9.17, 15) is 22.8 Å². The molecule has 3 heterocycles. The molecule has 1 unspecified atom stereocenters. The molecule has 3 N–H and O–H groups in total. The molecule has 0 saturated carbocycles. The normalized spacial score (nSPS) is 15.5. The highest BCUT2D eigenvalue weighted by molar-refractivity contribution is 7.91. The highest BCUT2D eigenvalue weighted by Gasteiger charge is 2.43. The van der Waals surface area contributed by atoms with E-state index in [0.717, 1.165) is 16.4 Å². The molecular weight excluding hydrogens is 543 g/mol. The van der Waals surface area contributed by atoms with Gasteiger partial charge in [0.2, 0.25) is 0 Å². The van der Waals surface area contributed by atoms with Gasteiger partial charge in [0.15, 0.2) is 5.82 Å². The fourth-order valence-electron chi connectivity index (χ4n) is 3.23. The number of β-lactam (4-membered cyclic amide) rings is 1. The minimum atomic E-state index is -4.32. The average Bonchev–Trinajstić information content (AvgIpc) is 3.34. The lowest BCUT2D eigenvalue weighted by molar-refractivity contribution is -0.138. The Kier molecular flexibility index (Phi) is 6.73. The minimum Gasteiger partial charge on any atom is -0.360 e. The molecule has 1 atom stereocenters. The molecular formula is C19H16Cl2N6O6S2. The summed E-state index contributed by atoms with van der Waals surface area (Å²) in [6.07, 6.45) is 0. The van der Waals surface area contributed by atoms with Gasteiger partial charge in [-0.25, -0.2) is 14.2 Å². The van der Waals surface area contributed by atoms with Crippen LogP contribution in [0.4, 0.5) is 10.6 Å². The van der Waals surface area contributed by atoms with E-state index in [1.807, 2.05) is 0 Å². The highest BCUT2D eigenvalue weighted by Crippen LogP contribution is 2.36. The van der Waals surface area contributed by atoms with Crippen LogP contribution in [0.1, 0.15) is 21.0 Å². The average molecular weight is 559 g/mol. The van der Waals surface area contributed by atoms with E-state index in [1.165, 1.54) is 13.0 Å². The third-order valence-corrected chi connectivity index (χ3v) is 7.10. The van der Waals surface area contributed by atoms with Crippen molar-refractivity contribution in [1.82, 2.24) is 24.5 Å². The molecule has 35 heavy (non-hydrogen) atoms. The number of nitrogens with one attached hydrogen (secondary N) is 3. The summed E-state index contributed by atoms with van der Waals surface area (Å²) in [6, 6.07) is 3.99. The van der Waals surface area contributed by atoms with Crippen molar-refractivity contribution in [3.8, 4) is 11.3 Å². The molecule has 0 bridgehead atoms. The molecule has 0 spiro atoms. The van der Waals surface area contributed by atoms with Gasteiger partial charge >= 0.3 is 16.2 Å². The van der Waals surface area contributed by atoms with Crippen molar-refractivity contribution < 1.29 is 27.3 Å². The first kappa shape index (κ1) is 24.9. The Morgan fingerprint density at radius 2 is 1.91 bits per heavy atom. The summed E-state index contributed by atoms with van der Waals surface area (Å²) in [5, 5.41) is 6.84. The lowest BCUT2D eigenvalue weighted by Gasteiger charge is -2.36. The lowest BCUT2D eigenvalue weighted by Crippen LogP contribution is -2.67. The van der Waals surface area contributed by atoms with Gasteiger partial charge in [0, 0.05) is 10.4 Å². The molecule has 1 aliphatic rings. The fraction of sp³-hybridized carbons (Fsp3) is 0.211. The third kappa shape index (κ3) is 5.10. The number of amides is 4. The molecule has 16 heteroatoms. The SMILES string of the molecule is Cc1cc(NS(=O)(=O)NC(=O)N2CC(NC(=O)c3c(-c4c(Cl)cccc4Cl)noc3C)C2=O)ns1. The van der Waals surface area contributed by atoms with Crippen molar-refractivity contribution in [1.29, 1.82) is 0 Å². The van der Waals surface area contributed by atoms with Gasteiger partial charge in [0.05, 0.1) is 16.6 Å². The number of rotatable bonds is 6. The van der Waals surface area contributed by atoms with E-state index in [4.69, 9.17) is 27.7 Å². The van der Waals surface area contributed by atoms with Crippen molar-refractivity contribution in [2.24, 2.45) is 0 Å². The number of benzene rings is 1. The van der Waals surface area contributed by atoms with Crippen molar-refractivity contribution in [3.63, 3.8) is 0 Å². The van der Waals surface area contributed by atoms with Gasteiger partial charge in [-0.3, -0.25) is 14.5 Å². The Labute approximate surface area is 212 Å². The van der Waals surface area contributed by atoms with E-state index in [0.29, 0.717) is 4.90 Å². The highest BCUT2D eigenvalue weighted by atomic mass is 35.5. The van der Waals surface area contributed by atoms with E-state index in [2.05, 4.69) is 19.6 Å². The van der Waals surface area contributed by atoms with Crippen LogP contribution in [0.2, 0.25) is 10.0 Å². The summed E-state index contributed by atoms with van der Waals surface area (Å²) in [4.78, 5) is 39.0. The summed E-state index contributed by atoms with van der Waals surface area (Å²) in [7, 11) is -4.32. The molecule has 1 fully saturated rings. The molecule has 2 aromatic heterocycles. The topological polar surface area (TPSA) is 164 Å². The standard InChI is InChI=1S/C19H16Cl2N6O6S2/c1-8-6-13(24-34-8)25-35(31,32)26-19(30)27-7-12(18(27)29)22-17(28)14-9(2)33-23-16(14)15-10(20)4-3-5-11(15)21/h3-6,12H,7H2,1-2H3,(H,22,28)(H,24,25)(H,26,30). The van der Waals surface area contributed by atoms with Crippen LogP contribution in [0.25, 0.3) is 11.3 Å². The molecule has 0 radical (unpaired) electrons. The number of hydrogen-bond donors (Lipinski definition) is 3. The summed E-state index contributed by atoms with van der Waals surface area (Å²) < 4.78 is 37.1. The smallest absolute Gasteiger partial charge is 0.339 e. The monoisotopic (exact) mass is 558 g/mol. The van der Waals surface area contributed by atoms with Gasteiger partial charge in [0.1, 0.15) is 23.1 Å². The van der Waals surface area contributed by atoms with Gasteiger partial charge in [-0.2, -0.15) is 12.8 Å². The molecule has 4 rings (SSSR count). The number of anilines is 1. The van der Waals surface area contributed by atoms with Gasteiger partial charge in [0.25, 0.3) is 11.8 Å². The zero-order valence-corrected chi connectivity index (χ0v) is 21.1. The molecule has 4 amide bonds. The van der Waals surface area contributed by atoms with Gasteiger partial charge < -0.3 is 9.84 Å². The Morgan fingerprint density at radius 1 is 1.23 bits per heavy atom. The van der Waals surface area contributed by atoms with Crippen LogP contribution in [-0.4, -0.2) is 53.3 Å². The van der Waals surface area contributed by atoms with E-state index >= 15 is 0 Å². The quantitative estimate of drug-likeness (QED) is 0.388. The van der Waals surface area contributed by atoms with Crippen molar-refractivity contribution in [2.75, 3.05) is 11.3 Å². The maximum atomic E-state index is 12.9. The Bertz CT molecular complexity index is 1430. The molecule has 1 aliphatic heterocycles. The predicted molar refractivity (Wildman–Crippen MR) is 128 cm³/mol. The molecule has 0 aliphatic carbocycles. The first-order valence-corrected chi connectivity index (χ1v) is 12.8. The van der Waals surface area contributed by atoms with Crippen molar-refractivity contribution >= 4 is 68.6 Å². The van der Waals surface area contributed by atoms with E-state index < -0.39 is 34.1 Å². The molecule has 3 aromatic rings. The zero-order chi connectivity index (χ0) is 25.5. The van der Waals surface area contributed by atoms with Gasteiger partial charge in [-0.15, -0.1) is 0 Å². The van der Waals surface area contributed by atoms with Crippen LogP contribution in [0, 0.1) is 13.8 Å². The molecule has 1 saturated heterocycles. The minimum absolute atomic E-state index is 0.0148. The van der Waals surface area contributed by atoms with Gasteiger partial charge in [-0.05, 0) is 43.6 Å². The number of halogens is 2. The maximum absolute atomic E-state index is 12.9. The van der Waals surface area contributed by atoms with Crippen LogP contribution in [0.15, 0.2) is 28.8 Å². The van der Waals surface area contributed by atoms with Crippen molar-refractivity contribution in [2.45, 2.75) is 19.9 Å². The lowest BCUT2D eigenvalue weighted by atomic mass is 10.0. The molecule has 1 aromatic carbocycles. The second kappa shape index (κ2) is 9.45. The van der Waals surface area contributed by atoms with Gasteiger partial charge in [-0.1, -0.05) is 34.4 Å².